The summed E-state index contributed by atoms with van der Waals surface area (Å²) in [4.78, 5) is 0. The molecule has 0 saturated carbocycles. The van der Waals surface area contributed by atoms with Crippen LogP contribution in [0.1, 0.15) is 5.56 Å². The van der Waals surface area contributed by atoms with E-state index in [1.807, 2.05) is 0 Å². The van der Waals surface area contributed by atoms with Crippen LogP contribution in [0.4, 0.5) is 10.2 Å². The largest absolute Gasteiger partial charge is 0.382 e. The van der Waals surface area contributed by atoms with Gasteiger partial charge < -0.3 is 5.73 Å². The van der Waals surface area contributed by atoms with E-state index >= 15 is 0 Å². The molecule has 0 fully saturated rings. The minimum absolute atomic E-state index is 0.301. The van der Waals surface area contributed by atoms with Gasteiger partial charge in [-0.2, -0.15) is 5.10 Å². The number of anilines is 1. The van der Waals surface area contributed by atoms with Crippen molar-refractivity contribution < 1.29 is 4.39 Å². The van der Waals surface area contributed by atoms with Crippen LogP contribution in [0, 0.1) is 12.7 Å². The number of nitrogen functional groups attached to an aromatic ring is 1. The summed E-state index contributed by atoms with van der Waals surface area (Å²) in [6, 6.07) is 4.74. The van der Waals surface area contributed by atoms with Crippen LogP contribution in [0.3, 0.4) is 0 Å². The number of hydrogen-bond donors (Lipinski definition) is 2. The third-order valence-electron chi connectivity index (χ3n) is 2.25. The van der Waals surface area contributed by atoms with E-state index in [1.165, 1.54) is 6.07 Å². The van der Waals surface area contributed by atoms with Gasteiger partial charge in [0.15, 0.2) is 0 Å². The number of aromatic amines is 1. The molecule has 2 rings (SSSR count). The summed E-state index contributed by atoms with van der Waals surface area (Å²) in [6.07, 6.45) is 0. The van der Waals surface area contributed by atoms with Gasteiger partial charge in [-0.1, -0.05) is 15.9 Å². The lowest BCUT2D eigenvalue weighted by Crippen LogP contribution is -1.88. The molecular formula is C10H9BrFN3. The lowest BCUT2D eigenvalue weighted by atomic mass is 10.1. The highest BCUT2D eigenvalue weighted by atomic mass is 79.9. The van der Waals surface area contributed by atoms with Crippen molar-refractivity contribution in [3.05, 3.63) is 34.1 Å². The van der Waals surface area contributed by atoms with Crippen LogP contribution in [0.25, 0.3) is 11.3 Å². The Bertz CT molecular complexity index is 507. The Balaban J connectivity index is 2.63. The maximum atomic E-state index is 13.5. The summed E-state index contributed by atoms with van der Waals surface area (Å²) in [5.74, 6) is 0.0920. The topological polar surface area (TPSA) is 54.7 Å². The second-order valence-corrected chi connectivity index (χ2v) is 4.15. The predicted octanol–water partition coefficient (Wildman–Crippen LogP) is 2.87. The molecule has 78 valence electrons. The Morgan fingerprint density at radius 3 is 2.80 bits per heavy atom. The maximum Gasteiger partial charge on any atom is 0.148 e. The molecule has 0 unspecified atom stereocenters. The molecule has 0 saturated heterocycles. The Morgan fingerprint density at radius 1 is 1.47 bits per heavy atom. The summed E-state index contributed by atoms with van der Waals surface area (Å²) in [5.41, 5.74) is 7.43. The van der Waals surface area contributed by atoms with Gasteiger partial charge in [0, 0.05) is 15.6 Å². The number of aromatic nitrogens is 2. The second kappa shape index (κ2) is 3.66. The molecule has 0 bridgehead atoms. The van der Waals surface area contributed by atoms with Crippen LogP contribution in [-0.2, 0) is 0 Å². The Hall–Kier alpha value is -1.36. The third-order valence-corrected chi connectivity index (χ3v) is 2.74. The molecular weight excluding hydrogens is 261 g/mol. The molecule has 0 aliphatic rings. The highest BCUT2D eigenvalue weighted by molar-refractivity contribution is 9.10. The van der Waals surface area contributed by atoms with Crippen molar-refractivity contribution in [1.82, 2.24) is 10.2 Å². The summed E-state index contributed by atoms with van der Waals surface area (Å²) in [5, 5.41) is 6.56. The van der Waals surface area contributed by atoms with Gasteiger partial charge in [-0.05, 0) is 25.1 Å². The van der Waals surface area contributed by atoms with Crippen molar-refractivity contribution in [2.24, 2.45) is 0 Å². The van der Waals surface area contributed by atoms with Gasteiger partial charge in [0.1, 0.15) is 11.6 Å². The Labute approximate surface area is 94.6 Å². The fraction of sp³-hybridized carbons (Fsp3) is 0.100. The molecule has 0 aliphatic carbocycles. The minimum atomic E-state index is -0.301. The second-order valence-electron chi connectivity index (χ2n) is 3.23. The van der Waals surface area contributed by atoms with Crippen molar-refractivity contribution in [1.29, 1.82) is 0 Å². The van der Waals surface area contributed by atoms with E-state index in [4.69, 9.17) is 5.73 Å². The van der Waals surface area contributed by atoms with E-state index in [2.05, 4.69) is 26.1 Å². The first kappa shape index (κ1) is 10.2. The van der Waals surface area contributed by atoms with E-state index in [0.717, 1.165) is 10.0 Å². The fourth-order valence-electron chi connectivity index (χ4n) is 1.36. The van der Waals surface area contributed by atoms with Gasteiger partial charge in [-0.25, -0.2) is 4.39 Å². The number of rotatable bonds is 1. The highest BCUT2D eigenvalue weighted by Crippen LogP contribution is 2.28. The normalized spacial score (nSPS) is 10.6. The molecule has 15 heavy (non-hydrogen) atoms. The SMILES string of the molecule is Cc1c(N)n[nH]c1-c1cc(Br)ccc1F. The molecule has 1 aromatic heterocycles. The molecule has 3 N–H and O–H groups in total. The number of halogens is 2. The number of H-pyrrole nitrogens is 1. The molecule has 0 atom stereocenters. The quantitative estimate of drug-likeness (QED) is 0.837. The first-order chi connectivity index (χ1) is 7.09. The molecule has 0 radical (unpaired) electrons. The van der Waals surface area contributed by atoms with Gasteiger partial charge in [0.05, 0.1) is 5.69 Å². The Morgan fingerprint density at radius 2 is 2.20 bits per heavy atom. The molecule has 1 heterocycles. The van der Waals surface area contributed by atoms with E-state index in [1.54, 1.807) is 19.1 Å². The lowest BCUT2D eigenvalue weighted by molar-refractivity contribution is 0.630. The molecule has 5 heteroatoms. The smallest absolute Gasteiger partial charge is 0.148 e. The lowest BCUT2D eigenvalue weighted by Gasteiger charge is -2.02. The average Bonchev–Trinajstić information content (AvgIpc) is 2.52. The standard InChI is InChI=1S/C10H9BrFN3/c1-5-9(14-15-10(5)13)7-4-6(11)2-3-8(7)12/h2-4H,1H3,(H3,13,14,15). The van der Waals surface area contributed by atoms with Crippen LogP contribution in [0.5, 0.6) is 0 Å². The molecule has 0 spiro atoms. The fourth-order valence-corrected chi connectivity index (χ4v) is 1.72. The van der Waals surface area contributed by atoms with Gasteiger partial charge in [-0.3, -0.25) is 5.10 Å². The van der Waals surface area contributed by atoms with E-state index < -0.39 is 0 Å². The van der Waals surface area contributed by atoms with Gasteiger partial charge >= 0.3 is 0 Å². The minimum Gasteiger partial charge on any atom is -0.382 e. The Kier molecular flexibility index (Phi) is 2.48. The summed E-state index contributed by atoms with van der Waals surface area (Å²) in [6.45, 7) is 1.80. The van der Waals surface area contributed by atoms with Crippen molar-refractivity contribution >= 4 is 21.7 Å². The number of benzene rings is 1. The van der Waals surface area contributed by atoms with Crippen molar-refractivity contribution in [3.63, 3.8) is 0 Å². The van der Waals surface area contributed by atoms with Gasteiger partial charge in [0.25, 0.3) is 0 Å². The zero-order valence-electron chi connectivity index (χ0n) is 8.01. The zero-order valence-corrected chi connectivity index (χ0v) is 9.60. The monoisotopic (exact) mass is 269 g/mol. The van der Waals surface area contributed by atoms with Gasteiger partial charge in [0.2, 0.25) is 0 Å². The molecule has 2 aromatic rings. The summed E-state index contributed by atoms with van der Waals surface area (Å²) >= 11 is 3.29. The van der Waals surface area contributed by atoms with E-state index in [0.29, 0.717) is 17.1 Å². The highest BCUT2D eigenvalue weighted by Gasteiger charge is 2.12. The van der Waals surface area contributed by atoms with Crippen LogP contribution in [-0.4, -0.2) is 10.2 Å². The molecule has 0 amide bonds. The first-order valence-electron chi connectivity index (χ1n) is 4.35. The van der Waals surface area contributed by atoms with Crippen LogP contribution in [0.2, 0.25) is 0 Å². The third kappa shape index (κ3) is 1.74. The summed E-state index contributed by atoms with van der Waals surface area (Å²) < 4.78 is 14.3. The van der Waals surface area contributed by atoms with E-state index in [-0.39, 0.29) is 5.82 Å². The number of nitrogens with two attached hydrogens (primary N) is 1. The van der Waals surface area contributed by atoms with Crippen molar-refractivity contribution in [2.45, 2.75) is 6.92 Å². The van der Waals surface area contributed by atoms with Crippen molar-refractivity contribution in [3.8, 4) is 11.3 Å². The number of hydrogen-bond acceptors (Lipinski definition) is 2. The predicted molar refractivity (Wildman–Crippen MR) is 60.8 cm³/mol. The molecule has 1 aromatic carbocycles. The van der Waals surface area contributed by atoms with Gasteiger partial charge in [-0.15, -0.1) is 0 Å². The zero-order chi connectivity index (χ0) is 11.0. The van der Waals surface area contributed by atoms with Crippen molar-refractivity contribution in [2.75, 3.05) is 5.73 Å². The van der Waals surface area contributed by atoms with Crippen LogP contribution >= 0.6 is 15.9 Å². The van der Waals surface area contributed by atoms with Crippen LogP contribution in [0.15, 0.2) is 22.7 Å². The molecule has 3 nitrogen and oxygen atoms in total. The van der Waals surface area contributed by atoms with E-state index in [9.17, 15) is 4.39 Å². The maximum absolute atomic E-state index is 13.5. The van der Waals surface area contributed by atoms with Crippen LogP contribution < -0.4 is 5.73 Å². The number of nitrogens with one attached hydrogen (secondary N) is 1. The molecule has 0 aliphatic heterocycles. The number of nitrogens with zero attached hydrogens (tertiary/aromatic N) is 1. The average molecular weight is 270 g/mol. The summed E-state index contributed by atoms with van der Waals surface area (Å²) in [7, 11) is 0. The first-order valence-corrected chi connectivity index (χ1v) is 5.14.